The summed E-state index contributed by atoms with van der Waals surface area (Å²) < 4.78 is 13.2. The van der Waals surface area contributed by atoms with E-state index >= 15 is 0 Å². The molecule has 0 aliphatic carbocycles. The first-order valence-corrected chi connectivity index (χ1v) is 6.09. The van der Waals surface area contributed by atoms with Crippen LogP contribution in [0.15, 0.2) is 36.4 Å². The van der Waals surface area contributed by atoms with E-state index in [9.17, 15) is 14.0 Å². The van der Waals surface area contributed by atoms with Crippen LogP contribution in [-0.2, 0) is 0 Å². The molecule has 108 valence electrons. The molecule has 2 rings (SSSR count). The van der Waals surface area contributed by atoms with Gasteiger partial charge in [0.2, 0.25) is 0 Å². The van der Waals surface area contributed by atoms with Gasteiger partial charge in [-0.15, -0.1) is 0 Å². The van der Waals surface area contributed by atoms with Crippen molar-refractivity contribution in [2.75, 3.05) is 11.1 Å². The Morgan fingerprint density at radius 2 is 1.86 bits per heavy atom. The van der Waals surface area contributed by atoms with E-state index in [2.05, 4.69) is 5.32 Å². The van der Waals surface area contributed by atoms with Crippen molar-refractivity contribution in [3.63, 3.8) is 0 Å². The first-order chi connectivity index (χ1) is 9.88. The summed E-state index contributed by atoms with van der Waals surface area (Å²) in [5.41, 5.74) is 6.88. The molecule has 21 heavy (non-hydrogen) atoms. The number of halogens is 1. The fourth-order valence-electron chi connectivity index (χ4n) is 1.90. The molecule has 0 aromatic heterocycles. The number of carboxylic acid groups (broad SMARTS) is 1. The second-order valence-corrected chi connectivity index (χ2v) is 4.52. The van der Waals surface area contributed by atoms with Crippen LogP contribution in [0.1, 0.15) is 26.3 Å². The number of benzene rings is 2. The predicted octanol–water partition coefficient (Wildman–Crippen LogP) is 2.67. The van der Waals surface area contributed by atoms with E-state index < -0.39 is 17.7 Å². The molecule has 0 aliphatic rings. The Hall–Kier alpha value is -2.89. The van der Waals surface area contributed by atoms with Gasteiger partial charge in [-0.1, -0.05) is 0 Å². The third-order valence-corrected chi connectivity index (χ3v) is 2.97. The van der Waals surface area contributed by atoms with Crippen molar-refractivity contribution in [3.8, 4) is 0 Å². The largest absolute Gasteiger partial charge is 0.478 e. The Balaban J connectivity index is 2.26. The number of anilines is 2. The van der Waals surface area contributed by atoms with Crippen molar-refractivity contribution in [1.29, 1.82) is 0 Å². The van der Waals surface area contributed by atoms with E-state index in [4.69, 9.17) is 10.8 Å². The van der Waals surface area contributed by atoms with Crippen molar-refractivity contribution >= 4 is 23.3 Å². The van der Waals surface area contributed by atoms with E-state index in [-0.39, 0.29) is 16.8 Å². The molecule has 2 aromatic rings. The van der Waals surface area contributed by atoms with Crippen LogP contribution >= 0.6 is 0 Å². The summed E-state index contributed by atoms with van der Waals surface area (Å²) in [6.07, 6.45) is 0. The minimum atomic E-state index is -1.04. The maximum absolute atomic E-state index is 13.2. The Kier molecular flexibility index (Phi) is 3.89. The van der Waals surface area contributed by atoms with Crippen LogP contribution < -0.4 is 11.1 Å². The van der Waals surface area contributed by atoms with E-state index in [0.717, 1.165) is 12.1 Å². The standard InChI is InChI=1S/C15H13FN2O3/c1-8-6-10(3-4-11(8)15(20)21)18-14(19)12-7-9(16)2-5-13(12)17/h2-7H,17H2,1H3,(H,18,19)(H,20,21). The van der Waals surface area contributed by atoms with Crippen LogP contribution in [0.2, 0.25) is 0 Å². The lowest BCUT2D eigenvalue weighted by atomic mass is 10.1. The lowest BCUT2D eigenvalue weighted by Gasteiger charge is -2.09. The van der Waals surface area contributed by atoms with Gasteiger partial charge in [-0.05, 0) is 48.9 Å². The molecule has 0 radical (unpaired) electrons. The SMILES string of the molecule is Cc1cc(NC(=O)c2cc(F)ccc2N)ccc1C(=O)O. The summed E-state index contributed by atoms with van der Waals surface area (Å²) in [5.74, 6) is -2.17. The third-order valence-electron chi connectivity index (χ3n) is 2.97. The van der Waals surface area contributed by atoms with Crippen LogP contribution in [0.25, 0.3) is 0 Å². The molecule has 0 fully saturated rings. The van der Waals surface area contributed by atoms with Crippen LogP contribution in [0.4, 0.5) is 15.8 Å². The van der Waals surface area contributed by atoms with E-state index in [1.165, 1.54) is 24.3 Å². The number of amides is 1. The highest BCUT2D eigenvalue weighted by Crippen LogP contribution is 2.18. The van der Waals surface area contributed by atoms with Gasteiger partial charge in [0, 0.05) is 11.4 Å². The van der Waals surface area contributed by atoms with Gasteiger partial charge < -0.3 is 16.2 Å². The third kappa shape index (κ3) is 3.17. The number of aromatic carboxylic acids is 1. The number of nitrogens with one attached hydrogen (secondary N) is 1. The van der Waals surface area contributed by atoms with Gasteiger partial charge in [0.1, 0.15) is 5.82 Å². The zero-order valence-electron chi connectivity index (χ0n) is 11.2. The quantitative estimate of drug-likeness (QED) is 0.757. The van der Waals surface area contributed by atoms with E-state index in [1.807, 2.05) is 0 Å². The molecule has 4 N–H and O–H groups in total. The Labute approximate surface area is 120 Å². The maximum atomic E-state index is 13.2. The fraction of sp³-hybridized carbons (Fsp3) is 0.0667. The number of aryl methyl sites for hydroxylation is 1. The predicted molar refractivity (Wildman–Crippen MR) is 76.9 cm³/mol. The summed E-state index contributed by atoms with van der Waals surface area (Å²) in [6.45, 7) is 1.62. The average molecular weight is 288 g/mol. The van der Waals surface area contributed by atoms with Crippen LogP contribution in [0.3, 0.4) is 0 Å². The lowest BCUT2D eigenvalue weighted by molar-refractivity contribution is 0.0696. The van der Waals surface area contributed by atoms with Crippen molar-refractivity contribution in [1.82, 2.24) is 0 Å². The minimum absolute atomic E-state index is 0.0231. The van der Waals surface area contributed by atoms with Crippen molar-refractivity contribution in [2.24, 2.45) is 0 Å². The molecule has 0 saturated carbocycles. The molecular weight excluding hydrogens is 275 g/mol. The van der Waals surface area contributed by atoms with Gasteiger partial charge in [0.05, 0.1) is 11.1 Å². The average Bonchev–Trinajstić information content (AvgIpc) is 2.41. The molecule has 2 aromatic carbocycles. The first-order valence-electron chi connectivity index (χ1n) is 6.09. The molecule has 0 atom stereocenters. The Morgan fingerprint density at radius 3 is 2.48 bits per heavy atom. The number of carbonyl (C=O) groups is 2. The van der Waals surface area contributed by atoms with Gasteiger partial charge in [0.15, 0.2) is 0 Å². The number of hydrogen-bond donors (Lipinski definition) is 3. The topological polar surface area (TPSA) is 92.4 Å². The molecule has 0 spiro atoms. The van der Waals surface area contributed by atoms with E-state index in [0.29, 0.717) is 11.3 Å². The maximum Gasteiger partial charge on any atom is 0.335 e. The molecule has 1 amide bonds. The van der Waals surface area contributed by atoms with Gasteiger partial charge in [0.25, 0.3) is 5.91 Å². The number of hydrogen-bond acceptors (Lipinski definition) is 3. The molecule has 0 heterocycles. The molecule has 0 aliphatic heterocycles. The monoisotopic (exact) mass is 288 g/mol. The van der Waals surface area contributed by atoms with Crippen LogP contribution in [-0.4, -0.2) is 17.0 Å². The number of rotatable bonds is 3. The van der Waals surface area contributed by atoms with Crippen LogP contribution in [0.5, 0.6) is 0 Å². The molecule has 0 unspecified atom stereocenters. The number of carboxylic acids is 1. The van der Waals surface area contributed by atoms with Gasteiger partial charge in [-0.2, -0.15) is 0 Å². The number of nitrogen functional groups attached to an aromatic ring is 1. The molecule has 5 nitrogen and oxygen atoms in total. The summed E-state index contributed by atoms with van der Waals surface area (Å²) >= 11 is 0. The van der Waals surface area contributed by atoms with Crippen molar-refractivity contribution in [3.05, 3.63) is 58.9 Å². The lowest BCUT2D eigenvalue weighted by Crippen LogP contribution is -2.14. The molecular formula is C15H13FN2O3. The Bertz CT molecular complexity index is 729. The van der Waals surface area contributed by atoms with E-state index in [1.54, 1.807) is 6.92 Å². The van der Waals surface area contributed by atoms with Crippen molar-refractivity contribution in [2.45, 2.75) is 6.92 Å². The number of nitrogens with two attached hydrogens (primary N) is 1. The van der Waals surface area contributed by atoms with Crippen LogP contribution in [0, 0.1) is 12.7 Å². The van der Waals surface area contributed by atoms with Gasteiger partial charge in [-0.3, -0.25) is 4.79 Å². The highest BCUT2D eigenvalue weighted by atomic mass is 19.1. The normalized spacial score (nSPS) is 10.2. The van der Waals surface area contributed by atoms with Crippen molar-refractivity contribution < 1.29 is 19.1 Å². The highest BCUT2D eigenvalue weighted by Gasteiger charge is 2.13. The smallest absolute Gasteiger partial charge is 0.335 e. The number of carbonyl (C=O) groups excluding carboxylic acids is 1. The van der Waals surface area contributed by atoms with Gasteiger partial charge in [-0.25, -0.2) is 9.18 Å². The second-order valence-electron chi connectivity index (χ2n) is 4.52. The second kappa shape index (κ2) is 5.62. The zero-order chi connectivity index (χ0) is 15.6. The molecule has 0 saturated heterocycles. The first kappa shape index (κ1) is 14.5. The van der Waals surface area contributed by atoms with Gasteiger partial charge >= 0.3 is 5.97 Å². The summed E-state index contributed by atoms with van der Waals surface area (Å²) in [6, 6.07) is 7.90. The zero-order valence-corrected chi connectivity index (χ0v) is 11.2. The fourth-order valence-corrected chi connectivity index (χ4v) is 1.90. The molecule has 6 heteroatoms. The molecule has 0 bridgehead atoms. The Morgan fingerprint density at radius 1 is 1.14 bits per heavy atom. The minimum Gasteiger partial charge on any atom is -0.478 e. The highest BCUT2D eigenvalue weighted by molar-refractivity contribution is 6.07. The summed E-state index contributed by atoms with van der Waals surface area (Å²) in [4.78, 5) is 23.0. The summed E-state index contributed by atoms with van der Waals surface area (Å²) in [5, 5.41) is 11.5. The summed E-state index contributed by atoms with van der Waals surface area (Å²) in [7, 11) is 0.